The predicted octanol–water partition coefficient (Wildman–Crippen LogP) is -3.43. The standard InChI is InChI=1S/C14H23N5O7/c1-5(20)17-4-8(22)11(23)12-10(18-6(2)21)7(19-14(15)16)3-9(26-12)13(24)25/h3,7-8,10-12,22-23H,4H2,1-2H3,(H,17,20)(H,18,21)(H,24,25)(H4,15,16,19)/t7-,8+,10+,11+,12+/m0/s1. The molecule has 0 unspecified atom stereocenters. The van der Waals surface area contributed by atoms with E-state index in [4.69, 9.17) is 15.9 Å². The minimum atomic E-state index is -1.67. The molecule has 0 spiro atoms. The first-order valence-electron chi connectivity index (χ1n) is 7.63. The van der Waals surface area contributed by atoms with Crippen LogP contribution in [0.4, 0.5) is 0 Å². The lowest BCUT2D eigenvalue weighted by Gasteiger charge is -2.40. The van der Waals surface area contributed by atoms with Gasteiger partial charge in [-0.1, -0.05) is 0 Å². The molecular formula is C14H23N5O7. The third-order valence-corrected chi connectivity index (χ3v) is 3.53. The summed E-state index contributed by atoms with van der Waals surface area (Å²) in [5.41, 5.74) is 5.28. The summed E-state index contributed by atoms with van der Waals surface area (Å²) < 4.78 is 5.24. The molecule has 1 aliphatic rings. The second kappa shape index (κ2) is 9.01. The number of aliphatic carboxylic acids is 1. The first kappa shape index (κ1) is 21.2. The van der Waals surface area contributed by atoms with Crippen molar-refractivity contribution in [1.29, 1.82) is 5.41 Å². The number of ether oxygens (including phenoxy) is 1. The molecule has 146 valence electrons. The van der Waals surface area contributed by atoms with Crippen molar-refractivity contribution in [2.45, 2.75) is 44.2 Å². The van der Waals surface area contributed by atoms with Crippen LogP contribution in [-0.4, -0.2) is 76.0 Å². The summed E-state index contributed by atoms with van der Waals surface area (Å²) in [7, 11) is 0. The second-order valence-electron chi connectivity index (χ2n) is 5.72. The van der Waals surface area contributed by atoms with Gasteiger partial charge in [0, 0.05) is 20.4 Å². The van der Waals surface area contributed by atoms with Crippen LogP contribution in [-0.2, 0) is 19.1 Å². The lowest BCUT2D eigenvalue weighted by molar-refractivity contribution is -0.144. The lowest BCUT2D eigenvalue weighted by atomic mass is 9.91. The molecule has 0 aromatic carbocycles. The first-order valence-corrected chi connectivity index (χ1v) is 7.63. The van der Waals surface area contributed by atoms with Gasteiger partial charge in [0.2, 0.25) is 17.6 Å². The lowest BCUT2D eigenvalue weighted by Crippen LogP contribution is -2.64. The monoisotopic (exact) mass is 373 g/mol. The van der Waals surface area contributed by atoms with Crippen LogP contribution in [0, 0.1) is 5.41 Å². The van der Waals surface area contributed by atoms with Gasteiger partial charge in [0.25, 0.3) is 0 Å². The maximum Gasteiger partial charge on any atom is 0.370 e. The van der Waals surface area contributed by atoms with E-state index in [0.29, 0.717) is 0 Å². The summed E-state index contributed by atoms with van der Waals surface area (Å²) in [6.45, 7) is 2.09. The fraction of sp³-hybridized carbons (Fsp3) is 0.571. The highest BCUT2D eigenvalue weighted by Gasteiger charge is 2.43. The minimum Gasteiger partial charge on any atom is -0.478 e. The van der Waals surface area contributed by atoms with Crippen molar-refractivity contribution in [3.05, 3.63) is 11.8 Å². The Morgan fingerprint density at radius 2 is 1.88 bits per heavy atom. The largest absolute Gasteiger partial charge is 0.478 e. The summed E-state index contributed by atoms with van der Waals surface area (Å²) >= 11 is 0. The average molecular weight is 373 g/mol. The van der Waals surface area contributed by atoms with Gasteiger partial charge >= 0.3 is 5.97 Å². The van der Waals surface area contributed by atoms with Crippen LogP contribution in [0.1, 0.15) is 13.8 Å². The van der Waals surface area contributed by atoms with E-state index in [2.05, 4.69) is 16.0 Å². The van der Waals surface area contributed by atoms with Gasteiger partial charge in [0.1, 0.15) is 18.3 Å². The number of aliphatic hydroxyl groups is 2. The van der Waals surface area contributed by atoms with Crippen LogP contribution in [0.25, 0.3) is 0 Å². The van der Waals surface area contributed by atoms with Crippen molar-refractivity contribution < 1.29 is 34.4 Å². The zero-order chi connectivity index (χ0) is 20.0. The molecule has 0 saturated heterocycles. The summed E-state index contributed by atoms with van der Waals surface area (Å²) in [4.78, 5) is 33.7. The average Bonchev–Trinajstić information content (AvgIpc) is 2.52. The Labute approximate surface area is 148 Å². The number of amides is 2. The predicted molar refractivity (Wildman–Crippen MR) is 87.7 cm³/mol. The van der Waals surface area contributed by atoms with Crippen molar-refractivity contribution in [3.63, 3.8) is 0 Å². The Morgan fingerprint density at radius 3 is 2.35 bits per heavy atom. The summed E-state index contributed by atoms with van der Waals surface area (Å²) in [6.07, 6.45) is -3.48. The maximum atomic E-state index is 11.5. The molecule has 1 rings (SSSR count). The van der Waals surface area contributed by atoms with E-state index >= 15 is 0 Å². The van der Waals surface area contributed by atoms with Gasteiger partial charge in [-0.05, 0) is 6.08 Å². The van der Waals surface area contributed by atoms with Gasteiger partial charge in [-0.15, -0.1) is 0 Å². The quantitative estimate of drug-likeness (QED) is 0.165. The third kappa shape index (κ3) is 5.89. The van der Waals surface area contributed by atoms with E-state index in [9.17, 15) is 29.7 Å². The summed E-state index contributed by atoms with van der Waals surface area (Å²) in [6, 6.07) is -2.05. The Hall–Kier alpha value is -2.86. The number of hydrogen-bond acceptors (Lipinski definition) is 7. The minimum absolute atomic E-state index is 0.319. The Bertz CT molecular complexity index is 608. The maximum absolute atomic E-state index is 11.5. The molecule has 9 N–H and O–H groups in total. The third-order valence-electron chi connectivity index (χ3n) is 3.53. The van der Waals surface area contributed by atoms with E-state index in [1.807, 2.05) is 0 Å². The van der Waals surface area contributed by atoms with Crippen molar-refractivity contribution in [2.24, 2.45) is 5.73 Å². The van der Waals surface area contributed by atoms with Gasteiger partial charge < -0.3 is 41.7 Å². The van der Waals surface area contributed by atoms with Gasteiger partial charge in [-0.3, -0.25) is 15.0 Å². The van der Waals surface area contributed by atoms with Crippen LogP contribution < -0.4 is 21.7 Å². The van der Waals surface area contributed by atoms with E-state index in [-0.39, 0.29) is 6.54 Å². The number of carboxylic acids is 1. The van der Waals surface area contributed by atoms with Crippen LogP contribution in [0.3, 0.4) is 0 Å². The Morgan fingerprint density at radius 1 is 1.27 bits per heavy atom. The Balaban J connectivity index is 3.15. The molecule has 0 radical (unpaired) electrons. The number of carbonyl (C=O) groups excluding carboxylic acids is 2. The number of guanidine groups is 1. The topological polar surface area (TPSA) is 207 Å². The number of rotatable bonds is 7. The number of aliphatic hydroxyl groups excluding tert-OH is 2. The second-order valence-corrected chi connectivity index (χ2v) is 5.72. The highest BCUT2D eigenvalue weighted by Crippen LogP contribution is 2.23. The highest BCUT2D eigenvalue weighted by atomic mass is 16.5. The van der Waals surface area contributed by atoms with Crippen molar-refractivity contribution in [2.75, 3.05) is 6.54 Å². The normalized spacial score (nSPS) is 24.3. The van der Waals surface area contributed by atoms with E-state index in [0.717, 1.165) is 6.08 Å². The molecule has 0 bridgehead atoms. The van der Waals surface area contributed by atoms with Crippen LogP contribution >= 0.6 is 0 Å². The summed E-state index contributed by atoms with van der Waals surface area (Å²) in [5.74, 6) is -3.47. The molecule has 12 nitrogen and oxygen atoms in total. The van der Waals surface area contributed by atoms with Crippen molar-refractivity contribution in [1.82, 2.24) is 16.0 Å². The number of carbonyl (C=O) groups is 3. The smallest absolute Gasteiger partial charge is 0.370 e. The molecule has 26 heavy (non-hydrogen) atoms. The summed E-state index contributed by atoms with van der Waals surface area (Å²) in [5, 5.41) is 44.2. The number of hydrogen-bond donors (Lipinski definition) is 8. The molecule has 1 aliphatic heterocycles. The molecule has 0 fully saturated rings. The Kier molecular flexibility index (Phi) is 7.34. The molecular weight excluding hydrogens is 350 g/mol. The number of nitrogens with one attached hydrogen (secondary N) is 4. The first-order chi connectivity index (χ1) is 12.0. The van der Waals surface area contributed by atoms with Gasteiger partial charge in [-0.2, -0.15) is 0 Å². The molecule has 0 aliphatic carbocycles. The fourth-order valence-electron chi connectivity index (χ4n) is 2.44. The van der Waals surface area contributed by atoms with Crippen LogP contribution in [0.5, 0.6) is 0 Å². The van der Waals surface area contributed by atoms with E-state index < -0.39 is 59.9 Å². The van der Waals surface area contributed by atoms with Gasteiger partial charge in [0.15, 0.2) is 5.96 Å². The molecule has 0 saturated carbocycles. The van der Waals surface area contributed by atoms with Gasteiger partial charge in [-0.25, -0.2) is 4.79 Å². The number of nitrogens with two attached hydrogens (primary N) is 1. The molecule has 5 atom stereocenters. The SMILES string of the molecule is CC(=O)NC[C@@H](O)[C@@H](O)[C@@H]1OC(C(=O)O)=C[C@H](NC(=N)N)[C@H]1NC(C)=O. The molecule has 12 heteroatoms. The number of carboxylic acid groups (broad SMARTS) is 1. The van der Waals surface area contributed by atoms with Crippen LogP contribution in [0.2, 0.25) is 0 Å². The van der Waals surface area contributed by atoms with E-state index in [1.54, 1.807) is 0 Å². The van der Waals surface area contributed by atoms with Gasteiger partial charge in [0.05, 0.1) is 12.1 Å². The van der Waals surface area contributed by atoms with Crippen molar-refractivity contribution in [3.8, 4) is 0 Å². The molecule has 1 heterocycles. The molecule has 2 amide bonds. The highest BCUT2D eigenvalue weighted by molar-refractivity contribution is 5.85. The zero-order valence-electron chi connectivity index (χ0n) is 14.2. The zero-order valence-corrected chi connectivity index (χ0v) is 14.2. The van der Waals surface area contributed by atoms with E-state index in [1.165, 1.54) is 13.8 Å². The van der Waals surface area contributed by atoms with Crippen molar-refractivity contribution >= 4 is 23.7 Å². The fourth-order valence-corrected chi connectivity index (χ4v) is 2.44. The van der Waals surface area contributed by atoms with Crippen LogP contribution in [0.15, 0.2) is 11.8 Å². The molecule has 0 aromatic heterocycles. The molecule has 0 aromatic rings.